The fourth-order valence-electron chi connectivity index (χ4n) is 1.37. The van der Waals surface area contributed by atoms with Gasteiger partial charge in [-0.15, -0.1) is 16.4 Å². The zero-order chi connectivity index (χ0) is 14.6. The van der Waals surface area contributed by atoms with Crippen molar-refractivity contribution in [2.45, 2.75) is 17.6 Å². The van der Waals surface area contributed by atoms with E-state index in [1.54, 1.807) is 18.4 Å². The van der Waals surface area contributed by atoms with Crippen LogP contribution in [0.15, 0.2) is 21.7 Å². The number of aromatic nitrogens is 3. The van der Waals surface area contributed by atoms with E-state index in [0.29, 0.717) is 5.82 Å². The molecule has 0 saturated heterocycles. The molecule has 0 saturated carbocycles. The third-order valence-electron chi connectivity index (χ3n) is 2.25. The van der Waals surface area contributed by atoms with Gasteiger partial charge in [-0.2, -0.15) is 4.98 Å². The van der Waals surface area contributed by atoms with Crippen molar-refractivity contribution in [3.8, 4) is 0 Å². The van der Waals surface area contributed by atoms with Gasteiger partial charge >= 0.3 is 0 Å². The number of H-pyrrole nitrogens is 1. The number of aromatic amines is 1. The van der Waals surface area contributed by atoms with Gasteiger partial charge in [0, 0.05) is 13.0 Å². The number of thiophene rings is 1. The van der Waals surface area contributed by atoms with E-state index in [2.05, 4.69) is 25.2 Å². The van der Waals surface area contributed by atoms with E-state index in [4.69, 9.17) is 0 Å². The fourth-order valence-corrected chi connectivity index (χ4v) is 3.44. The molecule has 0 bridgehead atoms. The molecule has 0 aliphatic carbocycles. The van der Waals surface area contributed by atoms with E-state index in [-0.39, 0.29) is 29.0 Å². The maximum Gasteiger partial charge on any atom is 0.250 e. The lowest BCUT2D eigenvalue weighted by molar-refractivity contribution is -0.116. The highest BCUT2D eigenvalue weighted by molar-refractivity contribution is 7.91. The van der Waals surface area contributed by atoms with Gasteiger partial charge in [0.2, 0.25) is 21.9 Å². The van der Waals surface area contributed by atoms with Crippen LogP contribution in [0, 0.1) is 6.92 Å². The molecule has 0 atom stereocenters. The molecule has 8 nitrogen and oxygen atoms in total. The van der Waals surface area contributed by atoms with Gasteiger partial charge in [-0.25, -0.2) is 13.1 Å². The van der Waals surface area contributed by atoms with Gasteiger partial charge in [-0.1, -0.05) is 6.07 Å². The van der Waals surface area contributed by atoms with Crippen LogP contribution >= 0.6 is 11.3 Å². The summed E-state index contributed by atoms with van der Waals surface area (Å²) in [4.78, 5) is 15.5. The Morgan fingerprint density at radius 1 is 1.50 bits per heavy atom. The lowest BCUT2D eigenvalue weighted by Gasteiger charge is -2.04. The van der Waals surface area contributed by atoms with E-state index >= 15 is 0 Å². The zero-order valence-electron chi connectivity index (χ0n) is 10.6. The predicted molar refractivity (Wildman–Crippen MR) is 73.9 cm³/mol. The van der Waals surface area contributed by atoms with E-state index in [1.165, 1.54) is 6.07 Å². The fraction of sp³-hybridized carbons (Fsp3) is 0.300. The summed E-state index contributed by atoms with van der Waals surface area (Å²) in [5, 5.41) is 10.5. The smallest absolute Gasteiger partial charge is 0.250 e. The summed E-state index contributed by atoms with van der Waals surface area (Å²) in [6.07, 6.45) is -0.00179. The third-order valence-corrected chi connectivity index (χ3v) is 5.11. The van der Waals surface area contributed by atoms with Crippen molar-refractivity contribution in [3.05, 3.63) is 23.3 Å². The number of hydrogen-bond donors (Lipinski definition) is 3. The molecule has 0 radical (unpaired) electrons. The van der Waals surface area contributed by atoms with Crippen molar-refractivity contribution in [3.63, 3.8) is 0 Å². The Balaban J connectivity index is 1.80. The van der Waals surface area contributed by atoms with Crippen LogP contribution in [-0.2, 0) is 14.8 Å². The molecule has 0 aromatic carbocycles. The molecular formula is C10H13N5O3S2. The van der Waals surface area contributed by atoms with Gasteiger partial charge in [0.15, 0.2) is 0 Å². The van der Waals surface area contributed by atoms with Crippen molar-refractivity contribution >= 4 is 33.2 Å². The first kappa shape index (κ1) is 14.6. The van der Waals surface area contributed by atoms with Crippen LogP contribution in [0.5, 0.6) is 0 Å². The first-order chi connectivity index (χ1) is 9.47. The summed E-state index contributed by atoms with van der Waals surface area (Å²) < 4.78 is 26.1. The molecule has 2 aromatic heterocycles. The molecule has 10 heteroatoms. The molecule has 0 spiro atoms. The molecule has 2 aromatic rings. The lowest BCUT2D eigenvalue weighted by atomic mass is 10.4. The standard InChI is InChI=1S/C10H13N5O3S2/c1-7-12-10(15-14-7)13-8(16)4-5-11-20(17,18)9-3-2-6-19-9/h2-3,6,11H,4-5H2,1H3,(H2,12,13,14,15,16). The Morgan fingerprint density at radius 2 is 2.30 bits per heavy atom. The van der Waals surface area contributed by atoms with E-state index in [1.807, 2.05) is 0 Å². The van der Waals surface area contributed by atoms with Gasteiger partial charge < -0.3 is 0 Å². The number of sulfonamides is 1. The number of carbonyl (C=O) groups excluding carboxylic acids is 1. The number of nitrogens with zero attached hydrogens (tertiary/aromatic N) is 2. The molecule has 20 heavy (non-hydrogen) atoms. The second-order valence-electron chi connectivity index (χ2n) is 3.87. The van der Waals surface area contributed by atoms with Crippen LogP contribution in [-0.4, -0.2) is 36.1 Å². The maximum atomic E-state index is 11.8. The zero-order valence-corrected chi connectivity index (χ0v) is 12.2. The van der Waals surface area contributed by atoms with Gasteiger partial charge in [0.25, 0.3) is 0 Å². The molecule has 0 unspecified atom stereocenters. The first-order valence-corrected chi connectivity index (χ1v) is 8.06. The SMILES string of the molecule is Cc1nc(NC(=O)CCNS(=O)(=O)c2cccs2)n[nH]1. The number of aryl methyl sites for hydroxylation is 1. The number of anilines is 1. The van der Waals surface area contributed by atoms with Crippen LogP contribution in [0.25, 0.3) is 0 Å². The second-order valence-corrected chi connectivity index (χ2v) is 6.81. The summed E-state index contributed by atoms with van der Waals surface area (Å²) in [7, 11) is -3.53. The summed E-state index contributed by atoms with van der Waals surface area (Å²) in [6, 6.07) is 3.15. The minimum Gasteiger partial charge on any atom is -0.293 e. The molecule has 3 N–H and O–H groups in total. The number of amides is 1. The maximum absolute atomic E-state index is 11.8. The van der Waals surface area contributed by atoms with Gasteiger partial charge in [-0.05, 0) is 18.4 Å². The van der Waals surface area contributed by atoms with Gasteiger partial charge in [-0.3, -0.25) is 15.2 Å². The molecule has 2 rings (SSSR count). The number of hydrogen-bond acceptors (Lipinski definition) is 6. The molecular weight excluding hydrogens is 302 g/mol. The highest BCUT2D eigenvalue weighted by atomic mass is 32.2. The minimum absolute atomic E-state index is 0.00179. The summed E-state index contributed by atoms with van der Waals surface area (Å²) in [6.45, 7) is 1.72. The second kappa shape index (κ2) is 6.11. The highest BCUT2D eigenvalue weighted by Crippen LogP contribution is 2.14. The van der Waals surface area contributed by atoms with Crippen molar-refractivity contribution in [2.24, 2.45) is 0 Å². The Hall–Kier alpha value is -1.78. The van der Waals surface area contributed by atoms with Crippen LogP contribution < -0.4 is 10.0 Å². The molecule has 1 amide bonds. The number of rotatable bonds is 6. The first-order valence-electron chi connectivity index (χ1n) is 5.69. The number of carbonyl (C=O) groups is 1. The topological polar surface area (TPSA) is 117 Å². The molecule has 108 valence electrons. The third kappa shape index (κ3) is 3.85. The molecule has 0 fully saturated rings. The van der Waals surface area contributed by atoms with Crippen LogP contribution in [0.1, 0.15) is 12.2 Å². The van der Waals surface area contributed by atoms with E-state index in [9.17, 15) is 13.2 Å². The Bertz CT molecular complexity index is 678. The molecule has 0 aliphatic heterocycles. The summed E-state index contributed by atoms with van der Waals surface area (Å²) in [5.41, 5.74) is 0. The number of nitrogens with one attached hydrogen (secondary N) is 3. The monoisotopic (exact) mass is 315 g/mol. The van der Waals surface area contributed by atoms with Crippen LogP contribution in [0.2, 0.25) is 0 Å². The van der Waals surface area contributed by atoms with E-state index < -0.39 is 10.0 Å². The Kier molecular flexibility index (Phi) is 4.47. The highest BCUT2D eigenvalue weighted by Gasteiger charge is 2.15. The van der Waals surface area contributed by atoms with Crippen molar-refractivity contribution in [1.29, 1.82) is 0 Å². The summed E-state index contributed by atoms with van der Waals surface area (Å²) in [5.74, 6) is 0.394. The largest absolute Gasteiger partial charge is 0.293 e. The van der Waals surface area contributed by atoms with Crippen molar-refractivity contribution in [1.82, 2.24) is 19.9 Å². The quantitative estimate of drug-likeness (QED) is 0.717. The Morgan fingerprint density at radius 3 is 2.90 bits per heavy atom. The summed E-state index contributed by atoms with van der Waals surface area (Å²) >= 11 is 1.12. The lowest BCUT2D eigenvalue weighted by Crippen LogP contribution is -2.27. The average Bonchev–Trinajstić information content (AvgIpc) is 3.00. The Labute approximate surface area is 119 Å². The van der Waals surface area contributed by atoms with Gasteiger partial charge in [0.05, 0.1) is 0 Å². The van der Waals surface area contributed by atoms with Crippen molar-refractivity contribution < 1.29 is 13.2 Å². The van der Waals surface area contributed by atoms with Crippen LogP contribution in [0.3, 0.4) is 0 Å². The minimum atomic E-state index is -3.53. The van der Waals surface area contributed by atoms with E-state index in [0.717, 1.165) is 11.3 Å². The molecule has 0 aliphatic rings. The average molecular weight is 315 g/mol. The van der Waals surface area contributed by atoms with Gasteiger partial charge in [0.1, 0.15) is 10.0 Å². The normalized spacial score (nSPS) is 11.4. The van der Waals surface area contributed by atoms with Crippen LogP contribution in [0.4, 0.5) is 5.95 Å². The molecule has 2 heterocycles. The predicted octanol–water partition coefficient (Wildman–Crippen LogP) is 0.482. The van der Waals surface area contributed by atoms with Crippen molar-refractivity contribution in [2.75, 3.05) is 11.9 Å².